The Morgan fingerprint density at radius 2 is 1.63 bits per heavy atom. The summed E-state index contributed by atoms with van der Waals surface area (Å²) in [5.74, 6) is -1.39. The van der Waals surface area contributed by atoms with Crippen molar-refractivity contribution >= 4 is 35.1 Å². The maximum atomic E-state index is 12.7. The van der Waals surface area contributed by atoms with Crippen LogP contribution in [0, 0.1) is 0 Å². The number of hydrogen-bond donors (Lipinski definition) is 1. The number of hydrogen-bond acceptors (Lipinski definition) is 3. The van der Waals surface area contributed by atoms with Gasteiger partial charge in [-0.15, -0.1) is 0 Å². The Balaban J connectivity index is 2.11. The normalized spacial score (nSPS) is 21.1. The molecule has 2 aromatic rings. The molecule has 0 spiro atoms. The molecule has 1 aliphatic rings. The zero-order chi connectivity index (χ0) is 19.6. The van der Waals surface area contributed by atoms with E-state index >= 15 is 0 Å². The highest BCUT2D eigenvalue weighted by atomic mass is 35.5. The average Bonchev–Trinajstić information content (AvgIpc) is 2.65. The molecule has 0 aromatic heterocycles. The molecule has 27 heavy (non-hydrogen) atoms. The Hall–Kier alpha value is -2.08. The number of carboxylic acid groups (broad SMARTS) is 1. The molecule has 3 unspecified atom stereocenters. The third kappa shape index (κ3) is 4.10. The molecule has 3 atom stereocenters. The van der Waals surface area contributed by atoms with Crippen LogP contribution in [0.4, 0.5) is 0 Å². The maximum absolute atomic E-state index is 12.7. The van der Waals surface area contributed by atoms with Crippen LogP contribution in [0.2, 0.25) is 10.0 Å². The van der Waals surface area contributed by atoms with Gasteiger partial charge in [-0.25, -0.2) is 4.79 Å². The Morgan fingerprint density at radius 1 is 1.11 bits per heavy atom. The number of amides is 1. The molecule has 1 N–H and O–H groups in total. The highest BCUT2D eigenvalue weighted by Gasteiger charge is 2.43. The molecule has 0 saturated carbocycles. The minimum absolute atomic E-state index is 0.179. The zero-order valence-corrected chi connectivity index (χ0v) is 16.2. The SMILES string of the molecule is CCC(C(=O)O)N1C(=O)COC(c2ccc(Cl)cc2)C1c1ccc(Cl)cc1. The number of carboxylic acids is 1. The summed E-state index contributed by atoms with van der Waals surface area (Å²) in [6.45, 7) is 1.57. The van der Waals surface area contributed by atoms with Crippen LogP contribution < -0.4 is 0 Å². The summed E-state index contributed by atoms with van der Waals surface area (Å²) in [7, 11) is 0. The van der Waals surface area contributed by atoms with Crippen molar-refractivity contribution < 1.29 is 19.4 Å². The predicted octanol–water partition coefficient (Wildman–Crippen LogP) is 4.50. The van der Waals surface area contributed by atoms with Gasteiger partial charge >= 0.3 is 5.97 Å². The van der Waals surface area contributed by atoms with Crippen LogP contribution in [0.5, 0.6) is 0 Å². The summed E-state index contributed by atoms with van der Waals surface area (Å²) >= 11 is 12.0. The fraction of sp³-hybridized carbons (Fsp3) is 0.300. The number of halogens is 2. The second-order valence-electron chi connectivity index (χ2n) is 6.34. The molecule has 7 heteroatoms. The third-order valence-corrected chi connectivity index (χ3v) is 5.18. The van der Waals surface area contributed by atoms with Crippen molar-refractivity contribution in [3.05, 3.63) is 69.7 Å². The van der Waals surface area contributed by atoms with E-state index in [4.69, 9.17) is 27.9 Å². The van der Waals surface area contributed by atoms with Gasteiger partial charge in [-0.1, -0.05) is 54.4 Å². The number of morpholine rings is 1. The zero-order valence-electron chi connectivity index (χ0n) is 14.6. The molecule has 2 aromatic carbocycles. The van der Waals surface area contributed by atoms with E-state index in [1.165, 1.54) is 4.90 Å². The van der Waals surface area contributed by atoms with E-state index < -0.39 is 24.2 Å². The van der Waals surface area contributed by atoms with E-state index in [1.807, 2.05) is 12.1 Å². The Morgan fingerprint density at radius 3 is 2.11 bits per heavy atom. The fourth-order valence-electron chi connectivity index (χ4n) is 3.41. The third-order valence-electron chi connectivity index (χ3n) is 4.68. The van der Waals surface area contributed by atoms with Crippen molar-refractivity contribution in [3.63, 3.8) is 0 Å². The van der Waals surface area contributed by atoms with Crippen molar-refractivity contribution in [1.29, 1.82) is 0 Å². The minimum atomic E-state index is -1.04. The van der Waals surface area contributed by atoms with Gasteiger partial charge < -0.3 is 14.7 Å². The summed E-state index contributed by atoms with van der Waals surface area (Å²) < 4.78 is 5.86. The standard InChI is InChI=1S/C20H19Cl2NO4/c1-2-16(20(25)26)23-17(24)11-27-19(13-5-9-15(22)10-6-13)18(23)12-3-7-14(21)8-4-12/h3-10,16,18-19H,2,11H2,1H3,(H,25,26). The summed E-state index contributed by atoms with van der Waals surface area (Å²) in [5.41, 5.74) is 1.57. The van der Waals surface area contributed by atoms with Crippen molar-refractivity contribution in [3.8, 4) is 0 Å². The first kappa shape index (κ1) is 19.7. The van der Waals surface area contributed by atoms with E-state index in [-0.39, 0.29) is 12.5 Å². The van der Waals surface area contributed by atoms with Gasteiger partial charge in [0.15, 0.2) is 0 Å². The largest absolute Gasteiger partial charge is 0.480 e. The lowest BCUT2D eigenvalue weighted by Crippen LogP contribution is -2.53. The summed E-state index contributed by atoms with van der Waals surface area (Å²) in [5, 5.41) is 10.8. The Labute approximate surface area is 167 Å². The van der Waals surface area contributed by atoms with Gasteiger partial charge in [0.2, 0.25) is 5.91 Å². The van der Waals surface area contributed by atoms with Gasteiger partial charge in [-0.2, -0.15) is 0 Å². The highest BCUT2D eigenvalue weighted by molar-refractivity contribution is 6.30. The summed E-state index contributed by atoms with van der Waals surface area (Å²) in [6.07, 6.45) is -0.229. The smallest absolute Gasteiger partial charge is 0.326 e. The molecule has 142 valence electrons. The van der Waals surface area contributed by atoms with Crippen LogP contribution in [0.3, 0.4) is 0 Å². The Kier molecular flexibility index (Phi) is 6.05. The first-order valence-corrected chi connectivity index (χ1v) is 9.34. The number of benzene rings is 2. The Bertz CT molecular complexity index is 823. The van der Waals surface area contributed by atoms with Crippen LogP contribution in [-0.4, -0.2) is 34.5 Å². The van der Waals surface area contributed by atoms with Crippen molar-refractivity contribution in [2.45, 2.75) is 31.5 Å². The van der Waals surface area contributed by atoms with Gasteiger partial charge in [-0.3, -0.25) is 4.79 Å². The second kappa shape index (κ2) is 8.30. The lowest BCUT2D eigenvalue weighted by molar-refractivity contribution is -0.171. The molecule has 5 nitrogen and oxygen atoms in total. The van der Waals surface area contributed by atoms with E-state index in [2.05, 4.69) is 0 Å². The first-order chi connectivity index (χ1) is 12.9. The molecular formula is C20H19Cl2NO4. The number of carbonyl (C=O) groups excluding carboxylic acids is 1. The van der Waals surface area contributed by atoms with Crippen molar-refractivity contribution in [1.82, 2.24) is 4.90 Å². The molecule has 0 bridgehead atoms. The van der Waals surface area contributed by atoms with Gasteiger partial charge in [0.25, 0.3) is 0 Å². The van der Waals surface area contributed by atoms with Crippen LogP contribution in [-0.2, 0) is 14.3 Å². The number of ether oxygens (including phenoxy) is 1. The number of nitrogens with zero attached hydrogens (tertiary/aromatic N) is 1. The molecular weight excluding hydrogens is 389 g/mol. The molecule has 1 saturated heterocycles. The molecule has 1 fully saturated rings. The minimum Gasteiger partial charge on any atom is -0.480 e. The van der Waals surface area contributed by atoms with E-state index in [0.717, 1.165) is 11.1 Å². The van der Waals surface area contributed by atoms with Crippen LogP contribution in [0.1, 0.15) is 36.6 Å². The number of aliphatic carboxylic acids is 1. The molecule has 1 aliphatic heterocycles. The van der Waals surface area contributed by atoms with E-state index in [9.17, 15) is 14.7 Å². The molecule has 1 heterocycles. The van der Waals surface area contributed by atoms with Gasteiger partial charge in [0.1, 0.15) is 18.8 Å². The molecule has 1 amide bonds. The summed E-state index contributed by atoms with van der Waals surface area (Å²) in [4.78, 5) is 25.9. The average molecular weight is 408 g/mol. The quantitative estimate of drug-likeness (QED) is 0.791. The monoisotopic (exact) mass is 407 g/mol. The molecule has 0 radical (unpaired) electrons. The lowest BCUT2D eigenvalue weighted by Gasteiger charge is -2.44. The fourth-order valence-corrected chi connectivity index (χ4v) is 3.66. The highest BCUT2D eigenvalue weighted by Crippen LogP contribution is 2.42. The van der Waals surface area contributed by atoms with E-state index in [1.54, 1.807) is 43.3 Å². The van der Waals surface area contributed by atoms with Crippen LogP contribution in [0.15, 0.2) is 48.5 Å². The second-order valence-corrected chi connectivity index (χ2v) is 7.22. The van der Waals surface area contributed by atoms with Gasteiger partial charge in [0, 0.05) is 10.0 Å². The topological polar surface area (TPSA) is 66.8 Å². The predicted molar refractivity (Wildman–Crippen MR) is 103 cm³/mol. The number of carbonyl (C=O) groups is 2. The maximum Gasteiger partial charge on any atom is 0.326 e. The first-order valence-electron chi connectivity index (χ1n) is 8.59. The van der Waals surface area contributed by atoms with Crippen LogP contribution in [0.25, 0.3) is 0 Å². The van der Waals surface area contributed by atoms with Crippen LogP contribution >= 0.6 is 23.2 Å². The lowest BCUT2D eigenvalue weighted by atomic mass is 9.91. The summed E-state index contributed by atoms with van der Waals surface area (Å²) in [6, 6.07) is 12.6. The van der Waals surface area contributed by atoms with Crippen molar-refractivity contribution in [2.75, 3.05) is 6.61 Å². The molecule has 0 aliphatic carbocycles. The number of rotatable bonds is 5. The van der Waals surface area contributed by atoms with Gasteiger partial charge in [-0.05, 0) is 41.8 Å². The molecule has 3 rings (SSSR count). The van der Waals surface area contributed by atoms with Gasteiger partial charge in [0.05, 0.1) is 6.04 Å². The van der Waals surface area contributed by atoms with Crippen molar-refractivity contribution in [2.24, 2.45) is 0 Å². The van der Waals surface area contributed by atoms with E-state index in [0.29, 0.717) is 16.5 Å².